The molecule has 2 rings (SSSR count). The van der Waals surface area contributed by atoms with E-state index < -0.39 is 17.8 Å². The van der Waals surface area contributed by atoms with Gasteiger partial charge in [-0.3, -0.25) is 19.4 Å². The van der Waals surface area contributed by atoms with E-state index in [0.717, 1.165) is 22.6 Å². The molecule has 1 aliphatic heterocycles. The van der Waals surface area contributed by atoms with Gasteiger partial charge in [-0.15, -0.1) is 0 Å². The molecule has 4 amide bonds. The molecular weight excluding hydrogens is 530 g/mol. The fourth-order valence-electron chi connectivity index (χ4n) is 5.14. The maximum absolute atomic E-state index is 12.6. The zero-order valence-corrected chi connectivity index (χ0v) is 26.3. The summed E-state index contributed by atoms with van der Waals surface area (Å²) in [5, 5.41) is 2.93. The third kappa shape index (κ3) is 12.0. The highest BCUT2D eigenvalue weighted by molar-refractivity contribution is 6.28. The molecule has 0 aromatic heterocycles. The Morgan fingerprint density at radius 3 is 1.52 bits per heavy atom. The second-order valence-corrected chi connectivity index (χ2v) is 11.1. The number of unbranched alkanes of at least 4 members (excludes halogenated alkanes) is 15. The van der Waals surface area contributed by atoms with Crippen LogP contribution in [0.5, 0.6) is 0 Å². The van der Waals surface area contributed by atoms with Crippen LogP contribution in [0.25, 0.3) is 0 Å². The van der Waals surface area contributed by atoms with E-state index in [0.29, 0.717) is 17.9 Å². The summed E-state index contributed by atoms with van der Waals surface area (Å²) in [7, 11) is 0. The number of ether oxygens (including phenoxy) is 1. The lowest BCUT2D eigenvalue weighted by Gasteiger charge is -2.32. The number of imide groups is 2. The minimum Gasteiger partial charge on any atom is -0.462 e. The van der Waals surface area contributed by atoms with E-state index in [4.69, 9.17) is 4.74 Å². The maximum Gasteiger partial charge on any atom is 0.338 e. The van der Waals surface area contributed by atoms with Crippen molar-refractivity contribution in [1.82, 2.24) is 9.80 Å². The Morgan fingerprint density at radius 1 is 0.667 bits per heavy atom. The van der Waals surface area contributed by atoms with Gasteiger partial charge in [-0.05, 0) is 44.5 Å². The van der Waals surface area contributed by atoms with Crippen molar-refractivity contribution >= 4 is 29.5 Å². The Balaban J connectivity index is 1.56. The van der Waals surface area contributed by atoms with Crippen LogP contribution >= 0.6 is 0 Å². The van der Waals surface area contributed by atoms with Gasteiger partial charge in [0.1, 0.15) is 5.57 Å². The first kappa shape index (κ1) is 35.0. The molecule has 8 heteroatoms. The van der Waals surface area contributed by atoms with Crippen LogP contribution in [0, 0.1) is 0 Å². The van der Waals surface area contributed by atoms with Crippen molar-refractivity contribution < 1.29 is 23.9 Å². The summed E-state index contributed by atoms with van der Waals surface area (Å²) in [4.78, 5) is 51.9. The highest BCUT2D eigenvalue weighted by atomic mass is 16.5. The number of amides is 4. The summed E-state index contributed by atoms with van der Waals surface area (Å²) in [6.07, 6.45) is 22.1. The molecule has 8 nitrogen and oxygen atoms in total. The molecule has 1 aromatic carbocycles. The average molecular weight is 584 g/mol. The second kappa shape index (κ2) is 20.7. The van der Waals surface area contributed by atoms with Gasteiger partial charge in [0.2, 0.25) is 0 Å². The summed E-state index contributed by atoms with van der Waals surface area (Å²) >= 11 is 0. The molecule has 0 bridgehead atoms. The standard InChI is InChI=1S/C34H53N3O5/c1-4-7-8-9-10-11-12-13-14-15-16-17-18-19-20-21-26-42-33(40)28-22-24-29(25-23-28)35-27-30-31(38)36(5-2)34(41)37(6-3)32(30)39/h22-25,27,35H,4-21,26H2,1-3H3. The van der Waals surface area contributed by atoms with Crippen LogP contribution in [0.15, 0.2) is 36.0 Å². The zero-order valence-electron chi connectivity index (χ0n) is 26.3. The number of urea groups is 1. The molecule has 0 atom stereocenters. The number of nitrogens with zero attached hydrogens (tertiary/aromatic N) is 2. The minimum absolute atomic E-state index is 0.111. The first-order valence-electron chi connectivity index (χ1n) is 16.4. The zero-order chi connectivity index (χ0) is 30.6. The number of carbonyl (C=O) groups excluding carboxylic acids is 4. The topological polar surface area (TPSA) is 96.0 Å². The number of likely N-dealkylation sites (N-methyl/N-ethyl adjacent to an activating group) is 2. The van der Waals surface area contributed by atoms with Gasteiger partial charge in [0.05, 0.1) is 12.2 Å². The van der Waals surface area contributed by atoms with E-state index >= 15 is 0 Å². The molecule has 0 unspecified atom stereocenters. The van der Waals surface area contributed by atoms with Gasteiger partial charge in [0, 0.05) is 25.0 Å². The third-order valence-corrected chi connectivity index (χ3v) is 7.78. The third-order valence-electron chi connectivity index (χ3n) is 7.78. The SMILES string of the molecule is CCCCCCCCCCCCCCCCCCOC(=O)c1ccc(NC=C2C(=O)N(CC)C(=O)N(CC)C2=O)cc1. The molecule has 0 aliphatic carbocycles. The van der Waals surface area contributed by atoms with Crippen molar-refractivity contribution in [1.29, 1.82) is 0 Å². The Labute approximate surface area is 253 Å². The number of rotatable bonds is 22. The second-order valence-electron chi connectivity index (χ2n) is 11.1. The molecule has 1 aromatic rings. The van der Waals surface area contributed by atoms with Gasteiger partial charge < -0.3 is 10.1 Å². The van der Waals surface area contributed by atoms with Crippen LogP contribution in [0.3, 0.4) is 0 Å². The lowest BCUT2D eigenvalue weighted by Crippen LogP contribution is -2.56. The number of nitrogens with one attached hydrogen (secondary N) is 1. The van der Waals surface area contributed by atoms with E-state index in [-0.39, 0.29) is 24.6 Å². The van der Waals surface area contributed by atoms with E-state index in [1.165, 1.54) is 96.1 Å². The summed E-state index contributed by atoms with van der Waals surface area (Å²) in [5.74, 6) is -1.62. The van der Waals surface area contributed by atoms with E-state index in [1.807, 2.05) is 0 Å². The van der Waals surface area contributed by atoms with Crippen LogP contribution in [0.2, 0.25) is 0 Å². The molecule has 1 heterocycles. The van der Waals surface area contributed by atoms with Gasteiger partial charge in [0.15, 0.2) is 0 Å². The lowest BCUT2D eigenvalue weighted by molar-refractivity contribution is -0.135. The Bertz CT molecular complexity index is 977. The van der Waals surface area contributed by atoms with Crippen molar-refractivity contribution in [3.63, 3.8) is 0 Å². The average Bonchev–Trinajstić information content (AvgIpc) is 2.99. The smallest absolute Gasteiger partial charge is 0.338 e. The minimum atomic E-state index is -0.626. The lowest BCUT2D eigenvalue weighted by atomic mass is 10.0. The first-order valence-corrected chi connectivity index (χ1v) is 16.4. The van der Waals surface area contributed by atoms with Crippen molar-refractivity contribution in [2.24, 2.45) is 0 Å². The van der Waals surface area contributed by atoms with E-state index in [9.17, 15) is 19.2 Å². The van der Waals surface area contributed by atoms with Crippen molar-refractivity contribution in [2.75, 3.05) is 25.0 Å². The first-order chi connectivity index (χ1) is 20.4. The Hall–Kier alpha value is -3.16. The molecule has 0 spiro atoms. The summed E-state index contributed by atoms with van der Waals surface area (Å²) in [6, 6.07) is 6.04. The maximum atomic E-state index is 12.6. The fourth-order valence-corrected chi connectivity index (χ4v) is 5.14. The number of benzene rings is 1. The largest absolute Gasteiger partial charge is 0.462 e. The quantitative estimate of drug-likeness (QED) is 0.0639. The van der Waals surface area contributed by atoms with Gasteiger partial charge in [-0.25, -0.2) is 9.59 Å². The fraction of sp³-hybridized carbons (Fsp3) is 0.647. The van der Waals surface area contributed by atoms with Crippen molar-refractivity contribution in [3.05, 3.63) is 41.6 Å². The van der Waals surface area contributed by atoms with Crippen LogP contribution in [-0.4, -0.2) is 53.3 Å². The van der Waals surface area contributed by atoms with E-state index in [2.05, 4.69) is 12.2 Å². The number of carbonyl (C=O) groups is 4. The highest BCUT2D eigenvalue weighted by Crippen LogP contribution is 2.19. The monoisotopic (exact) mass is 583 g/mol. The molecule has 42 heavy (non-hydrogen) atoms. The number of esters is 1. The molecule has 1 aliphatic rings. The summed E-state index contributed by atoms with van der Waals surface area (Å²) in [6.45, 7) is 6.40. The molecular formula is C34H53N3O5. The molecule has 0 saturated carbocycles. The van der Waals surface area contributed by atoms with E-state index in [1.54, 1.807) is 38.1 Å². The van der Waals surface area contributed by atoms with Crippen molar-refractivity contribution in [2.45, 2.75) is 124 Å². The summed E-state index contributed by atoms with van der Waals surface area (Å²) in [5.41, 5.74) is 0.926. The molecule has 0 radical (unpaired) electrons. The normalized spacial score (nSPS) is 13.6. The van der Waals surface area contributed by atoms with Crippen LogP contribution < -0.4 is 5.32 Å². The molecule has 1 saturated heterocycles. The predicted molar refractivity (Wildman–Crippen MR) is 168 cm³/mol. The highest BCUT2D eigenvalue weighted by Gasteiger charge is 2.40. The van der Waals surface area contributed by atoms with Crippen LogP contribution in [0.4, 0.5) is 10.5 Å². The van der Waals surface area contributed by atoms with Crippen molar-refractivity contribution in [3.8, 4) is 0 Å². The molecule has 1 N–H and O–H groups in total. The molecule has 234 valence electrons. The predicted octanol–water partition coefficient (Wildman–Crippen LogP) is 8.23. The van der Waals surface area contributed by atoms with Crippen LogP contribution in [0.1, 0.15) is 134 Å². The summed E-state index contributed by atoms with van der Waals surface area (Å²) < 4.78 is 5.43. The number of barbiturate groups is 1. The number of hydrogen-bond donors (Lipinski definition) is 1. The van der Waals surface area contributed by atoms with Gasteiger partial charge in [-0.2, -0.15) is 0 Å². The number of anilines is 1. The number of hydrogen-bond acceptors (Lipinski definition) is 6. The van der Waals surface area contributed by atoms with Gasteiger partial charge in [0.25, 0.3) is 11.8 Å². The molecule has 1 fully saturated rings. The van der Waals surface area contributed by atoms with Gasteiger partial charge >= 0.3 is 12.0 Å². The van der Waals surface area contributed by atoms with Crippen LogP contribution in [-0.2, 0) is 14.3 Å². The Morgan fingerprint density at radius 2 is 1.10 bits per heavy atom. The van der Waals surface area contributed by atoms with Gasteiger partial charge in [-0.1, -0.05) is 103 Å². The Kier molecular flexibility index (Phi) is 17.2.